The molecule has 0 aliphatic rings. The molecule has 4 heteroatoms. The Morgan fingerprint density at radius 3 is 2.50 bits per heavy atom. The molecule has 0 atom stereocenters. The van der Waals surface area contributed by atoms with Crippen molar-refractivity contribution in [2.45, 2.75) is 20.8 Å². The summed E-state index contributed by atoms with van der Waals surface area (Å²) in [6, 6.07) is 0. The molecule has 0 fully saturated rings. The van der Waals surface area contributed by atoms with Crippen molar-refractivity contribution >= 4 is 5.84 Å². The second kappa shape index (κ2) is 4.90. The normalized spacial score (nSPS) is 13.4. The number of amidine groups is 1. The molecule has 0 aromatic rings. The summed E-state index contributed by atoms with van der Waals surface area (Å²) in [6.07, 6.45) is 0. The number of hydrazone groups is 1. The van der Waals surface area contributed by atoms with Crippen molar-refractivity contribution in [2.75, 3.05) is 6.54 Å². The Balaban J connectivity index is 3.56. The van der Waals surface area contributed by atoms with Crippen molar-refractivity contribution in [3.05, 3.63) is 0 Å². The molecule has 0 saturated carbocycles. The summed E-state index contributed by atoms with van der Waals surface area (Å²) >= 11 is 0. The van der Waals surface area contributed by atoms with Crippen LogP contribution < -0.4 is 5.84 Å². The molecule has 0 aliphatic carbocycles. The summed E-state index contributed by atoms with van der Waals surface area (Å²) in [5.41, 5.74) is 0. The smallest absolute Gasteiger partial charge is 0.166 e. The maximum absolute atomic E-state index is 4.92. The summed E-state index contributed by atoms with van der Waals surface area (Å²) in [4.78, 5) is 0. The average Bonchev–Trinajstić information content (AvgIpc) is 1.87. The second-order valence-corrected chi connectivity index (χ2v) is 2.49. The van der Waals surface area contributed by atoms with Crippen LogP contribution in [0.5, 0.6) is 0 Å². The van der Waals surface area contributed by atoms with Gasteiger partial charge in [0.2, 0.25) is 0 Å². The number of azo groups is 1. The highest BCUT2D eigenvalue weighted by Crippen LogP contribution is 1.92. The Bertz CT molecular complexity index is 137. The summed E-state index contributed by atoms with van der Waals surface area (Å²) in [5, 5.41) is 10.9. The molecule has 2 N–H and O–H groups in total. The molecule has 0 bridgehead atoms. The molecule has 0 unspecified atom stereocenters. The van der Waals surface area contributed by atoms with Gasteiger partial charge in [0.15, 0.2) is 5.84 Å². The van der Waals surface area contributed by atoms with Crippen molar-refractivity contribution in [1.82, 2.24) is 0 Å². The van der Waals surface area contributed by atoms with Crippen molar-refractivity contribution in [2.24, 2.45) is 27.1 Å². The molecule has 0 amide bonds. The predicted octanol–water partition coefficient (Wildman–Crippen LogP) is 1.39. The van der Waals surface area contributed by atoms with Gasteiger partial charge in [-0.1, -0.05) is 13.8 Å². The molecule has 0 spiro atoms. The fourth-order valence-electron chi connectivity index (χ4n) is 0.332. The summed E-state index contributed by atoms with van der Waals surface area (Å²) in [7, 11) is 0. The number of hydrogen-bond acceptors (Lipinski definition) is 3. The van der Waals surface area contributed by atoms with Gasteiger partial charge >= 0.3 is 0 Å². The lowest BCUT2D eigenvalue weighted by Crippen LogP contribution is -1.94. The van der Waals surface area contributed by atoms with E-state index in [1.54, 1.807) is 6.92 Å². The fraction of sp³-hybridized carbons (Fsp3) is 0.833. The molecular weight excluding hydrogens is 128 g/mol. The Hall–Kier alpha value is -0.930. The second-order valence-electron chi connectivity index (χ2n) is 2.49. The topological polar surface area (TPSA) is 63.1 Å². The highest BCUT2D eigenvalue weighted by atomic mass is 15.2. The Kier molecular flexibility index (Phi) is 4.45. The Labute approximate surface area is 61.2 Å². The van der Waals surface area contributed by atoms with Crippen LogP contribution in [0.3, 0.4) is 0 Å². The molecule has 58 valence electrons. The standard InChI is InChI=1S/C6H14N4/c1-5(2)4-8-10-6(3)9-7/h5H,4,7H2,1-3H3. The van der Waals surface area contributed by atoms with E-state index in [1.165, 1.54) is 0 Å². The average molecular weight is 142 g/mol. The molecular formula is C6H14N4. The van der Waals surface area contributed by atoms with Crippen molar-refractivity contribution in [3.8, 4) is 0 Å². The molecule has 0 radical (unpaired) electrons. The van der Waals surface area contributed by atoms with E-state index in [1.807, 2.05) is 0 Å². The van der Waals surface area contributed by atoms with Gasteiger partial charge in [-0.25, -0.2) is 0 Å². The number of nitrogens with zero attached hydrogens (tertiary/aromatic N) is 3. The lowest BCUT2D eigenvalue weighted by molar-refractivity contribution is 0.648. The van der Waals surface area contributed by atoms with Gasteiger partial charge in [0.05, 0.1) is 6.54 Å². The largest absolute Gasteiger partial charge is 0.321 e. The third kappa shape index (κ3) is 5.21. The molecule has 0 heterocycles. The maximum atomic E-state index is 4.92. The van der Waals surface area contributed by atoms with Gasteiger partial charge in [-0.2, -0.15) is 10.2 Å². The van der Waals surface area contributed by atoms with Crippen LogP contribution in [0.25, 0.3) is 0 Å². The first-order valence-electron chi connectivity index (χ1n) is 3.28. The maximum Gasteiger partial charge on any atom is 0.166 e. The lowest BCUT2D eigenvalue weighted by Gasteiger charge is -1.94. The first-order chi connectivity index (χ1) is 4.66. The van der Waals surface area contributed by atoms with Crippen LogP contribution in [0.2, 0.25) is 0 Å². The monoisotopic (exact) mass is 142 g/mol. The zero-order chi connectivity index (χ0) is 7.98. The van der Waals surface area contributed by atoms with Crippen molar-refractivity contribution < 1.29 is 0 Å². The molecule has 0 aromatic heterocycles. The van der Waals surface area contributed by atoms with Gasteiger partial charge in [-0.3, -0.25) is 0 Å². The number of hydrogen-bond donors (Lipinski definition) is 1. The Morgan fingerprint density at radius 1 is 1.50 bits per heavy atom. The van der Waals surface area contributed by atoms with Crippen LogP contribution in [0.1, 0.15) is 20.8 Å². The minimum atomic E-state index is 0.514. The van der Waals surface area contributed by atoms with Gasteiger partial charge in [0, 0.05) is 0 Å². The van der Waals surface area contributed by atoms with E-state index in [2.05, 4.69) is 29.2 Å². The van der Waals surface area contributed by atoms with Crippen LogP contribution in [0.15, 0.2) is 15.3 Å². The van der Waals surface area contributed by atoms with Gasteiger partial charge in [0.1, 0.15) is 0 Å². The van der Waals surface area contributed by atoms with E-state index >= 15 is 0 Å². The predicted molar refractivity (Wildman–Crippen MR) is 41.9 cm³/mol. The third-order valence-corrected chi connectivity index (χ3v) is 0.849. The highest BCUT2D eigenvalue weighted by Gasteiger charge is 1.88. The fourth-order valence-corrected chi connectivity index (χ4v) is 0.332. The van der Waals surface area contributed by atoms with E-state index in [0.29, 0.717) is 11.8 Å². The van der Waals surface area contributed by atoms with Gasteiger partial charge < -0.3 is 5.84 Å². The summed E-state index contributed by atoms with van der Waals surface area (Å²) in [6.45, 7) is 6.60. The first kappa shape index (κ1) is 9.07. The van der Waals surface area contributed by atoms with Crippen molar-refractivity contribution in [1.29, 1.82) is 0 Å². The van der Waals surface area contributed by atoms with Gasteiger partial charge in [0.25, 0.3) is 0 Å². The third-order valence-electron chi connectivity index (χ3n) is 0.849. The Morgan fingerprint density at radius 2 is 2.10 bits per heavy atom. The zero-order valence-electron chi connectivity index (χ0n) is 6.70. The zero-order valence-corrected chi connectivity index (χ0v) is 6.70. The van der Waals surface area contributed by atoms with E-state index in [0.717, 1.165) is 6.54 Å². The van der Waals surface area contributed by atoms with Crippen LogP contribution >= 0.6 is 0 Å². The van der Waals surface area contributed by atoms with Crippen LogP contribution in [-0.4, -0.2) is 12.4 Å². The van der Waals surface area contributed by atoms with Crippen LogP contribution in [-0.2, 0) is 0 Å². The molecule has 0 rings (SSSR count). The molecule has 0 aliphatic heterocycles. The number of nitrogens with two attached hydrogens (primary N) is 1. The molecule has 0 saturated heterocycles. The van der Waals surface area contributed by atoms with E-state index in [4.69, 9.17) is 5.84 Å². The quantitative estimate of drug-likeness (QED) is 0.204. The van der Waals surface area contributed by atoms with Crippen LogP contribution in [0, 0.1) is 5.92 Å². The van der Waals surface area contributed by atoms with Crippen molar-refractivity contribution in [3.63, 3.8) is 0 Å². The minimum absolute atomic E-state index is 0.514. The van der Waals surface area contributed by atoms with Crippen LogP contribution in [0.4, 0.5) is 0 Å². The minimum Gasteiger partial charge on any atom is -0.321 e. The first-order valence-corrected chi connectivity index (χ1v) is 3.28. The van der Waals surface area contributed by atoms with Gasteiger partial charge in [-0.05, 0) is 12.8 Å². The van der Waals surface area contributed by atoms with E-state index in [9.17, 15) is 0 Å². The summed E-state index contributed by atoms with van der Waals surface area (Å²) < 4.78 is 0. The SMILES string of the molecule is CC(N=NCC(C)C)=NN. The molecule has 0 aromatic carbocycles. The number of rotatable bonds is 2. The highest BCUT2D eigenvalue weighted by molar-refractivity contribution is 5.79. The molecule has 4 nitrogen and oxygen atoms in total. The summed E-state index contributed by atoms with van der Waals surface area (Å²) in [5.74, 6) is 5.97. The van der Waals surface area contributed by atoms with E-state index in [-0.39, 0.29) is 0 Å². The van der Waals surface area contributed by atoms with E-state index < -0.39 is 0 Å². The lowest BCUT2D eigenvalue weighted by atomic mass is 10.2. The molecule has 10 heavy (non-hydrogen) atoms. The van der Waals surface area contributed by atoms with Gasteiger partial charge in [-0.15, -0.1) is 5.11 Å².